The van der Waals surface area contributed by atoms with Crippen molar-refractivity contribution in [3.63, 3.8) is 0 Å². The summed E-state index contributed by atoms with van der Waals surface area (Å²) in [6, 6.07) is 17.4. The molecule has 2 aromatic rings. The Balaban J connectivity index is 1.61. The Hall–Kier alpha value is -1.39. The van der Waals surface area contributed by atoms with E-state index in [9.17, 15) is 0 Å². The Bertz CT molecular complexity index is 697. The average molecular weight is 357 g/mol. The quantitative estimate of drug-likeness (QED) is 0.896. The summed E-state index contributed by atoms with van der Waals surface area (Å²) in [6.07, 6.45) is 2.17. The first-order valence-corrected chi connectivity index (χ1v) is 9.59. The van der Waals surface area contributed by atoms with Crippen LogP contribution in [0.1, 0.15) is 35.3 Å². The standard InChI is InChI=1S/C21H25ClN2O/c22-18-7-5-17(6-8-18)20(24-12-10-23-11-13-24)15-21-19-4-2-1-3-16(19)9-14-25-21/h1-8,20-21,23H,9-15H2. The minimum atomic E-state index is 0.167. The first kappa shape index (κ1) is 17.0. The second-order valence-electron chi connectivity index (χ2n) is 6.90. The second-order valence-corrected chi connectivity index (χ2v) is 7.33. The Morgan fingerprint density at radius 1 is 1.08 bits per heavy atom. The van der Waals surface area contributed by atoms with Crippen molar-refractivity contribution in [2.45, 2.75) is 25.0 Å². The van der Waals surface area contributed by atoms with Crippen molar-refractivity contribution >= 4 is 11.6 Å². The third-order valence-electron chi connectivity index (χ3n) is 5.38. The SMILES string of the molecule is Clc1ccc(C(CC2OCCc3ccccc32)N2CCNCC2)cc1. The van der Waals surface area contributed by atoms with Crippen LogP contribution in [-0.4, -0.2) is 37.7 Å². The van der Waals surface area contributed by atoms with Crippen LogP contribution in [0.25, 0.3) is 0 Å². The molecule has 2 heterocycles. The van der Waals surface area contributed by atoms with E-state index < -0.39 is 0 Å². The van der Waals surface area contributed by atoms with E-state index >= 15 is 0 Å². The summed E-state index contributed by atoms with van der Waals surface area (Å²) in [7, 11) is 0. The number of piperazine rings is 1. The largest absolute Gasteiger partial charge is 0.373 e. The van der Waals surface area contributed by atoms with Crippen molar-refractivity contribution in [1.29, 1.82) is 0 Å². The molecule has 132 valence electrons. The average Bonchev–Trinajstić information content (AvgIpc) is 2.68. The molecule has 4 rings (SSSR count). The summed E-state index contributed by atoms with van der Waals surface area (Å²) < 4.78 is 6.20. The van der Waals surface area contributed by atoms with Gasteiger partial charge in [0, 0.05) is 37.2 Å². The van der Waals surface area contributed by atoms with Gasteiger partial charge in [-0.3, -0.25) is 4.90 Å². The number of hydrogen-bond acceptors (Lipinski definition) is 3. The molecule has 1 N–H and O–H groups in total. The fourth-order valence-corrected chi connectivity index (χ4v) is 4.18. The Kier molecular flexibility index (Phi) is 5.37. The molecule has 0 aliphatic carbocycles. The van der Waals surface area contributed by atoms with Gasteiger partial charge in [0.2, 0.25) is 0 Å². The van der Waals surface area contributed by atoms with Gasteiger partial charge in [0.15, 0.2) is 0 Å². The smallest absolute Gasteiger partial charge is 0.0846 e. The number of rotatable bonds is 4. The van der Waals surface area contributed by atoms with Crippen molar-refractivity contribution in [3.05, 3.63) is 70.2 Å². The molecule has 25 heavy (non-hydrogen) atoms. The number of ether oxygens (including phenoxy) is 1. The molecule has 0 bridgehead atoms. The molecule has 0 spiro atoms. The van der Waals surface area contributed by atoms with Gasteiger partial charge in [-0.1, -0.05) is 48.0 Å². The number of hydrogen-bond donors (Lipinski definition) is 1. The molecule has 4 heteroatoms. The molecule has 0 aromatic heterocycles. The lowest BCUT2D eigenvalue weighted by molar-refractivity contribution is 0.0119. The molecule has 3 nitrogen and oxygen atoms in total. The van der Waals surface area contributed by atoms with Gasteiger partial charge in [-0.25, -0.2) is 0 Å². The van der Waals surface area contributed by atoms with Gasteiger partial charge >= 0.3 is 0 Å². The fourth-order valence-electron chi connectivity index (χ4n) is 4.05. The van der Waals surface area contributed by atoms with Crippen molar-refractivity contribution in [2.75, 3.05) is 32.8 Å². The predicted molar refractivity (Wildman–Crippen MR) is 102 cm³/mol. The van der Waals surface area contributed by atoms with E-state index in [1.54, 1.807) is 0 Å². The maximum absolute atomic E-state index is 6.20. The fraction of sp³-hybridized carbons (Fsp3) is 0.429. The number of benzene rings is 2. The van der Waals surface area contributed by atoms with Crippen molar-refractivity contribution in [3.8, 4) is 0 Å². The summed E-state index contributed by atoms with van der Waals surface area (Å²) in [6.45, 7) is 5.05. The predicted octanol–water partition coefficient (Wildman–Crippen LogP) is 3.99. The third kappa shape index (κ3) is 3.90. The van der Waals surface area contributed by atoms with Gasteiger partial charge in [-0.05, 0) is 41.7 Å². The van der Waals surface area contributed by atoms with E-state index in [1.807, 2.05) is 12.1 Å². The highest BCUT2D eigenvalue weighted by molar-refractivity contribution is 6.30. The first-order valence-electron chi connectivity index (χ1n) is 9.21. The molecule has 1 saturated heterocycles. The summed E-state index contributed by atoms with van der Waals surface area (Å²) >= 11 is 6.11. The van der Waals surface area contributed by atoms with Crippen LogP contribution in [0, 0.1) is 0 Å². The van der Waals surface area contributed by atoms with Crippen LogP contribution >= 0.6 is 11.6 Å². The summed E-state index contributed by atoms with van der Waals surface area (Å²) in [4.78, 5) is 2.58. The molecule has 0 amide bonds. The molecule has 2 aromatic carbocycles. The van der Waals surface area contributed by atoms with Gasteiger partial charge in [0.05, 0.1) is 12.7 Å². The zero-order valence-corrected chi connectivity index (χ0v) is 15.2. The number of nitrogens with one attached hydrogen (secondary N) is 1. The van der Waals surface area contributed by atoms with Gasteiger partial charge < -0.3 is 10.1 Å². The second kappa shape index (κ2) is 7.88. The molecule has 2 aliphatic heterocycles. The van der Waals surface area contributed by atoms with Crippen LogP contribution in [0.15, 0.2) is 48.5 Å². The molecule has 2 aliphatic rings. The monoisotopic (exact) mass is 356 g/mol. The van der Waals surface area contributed by atoms with E-state index in [0.29, 0.717) is 6.04 Å². The third-order valence-corrected chi connectivity index (χ3v) is 5.63. The lowest BCUT2D eigenvalue weighted by Crippen LogP contribution is -2.45. The Morgan fingerprint density at radius 2 is 1.84 bits per heavy atom. The molecule has 1 fully saturated rings. The highest BCUT2D eigenvalue weighted by Crippen LogP contribution is 2.37. The van der Waals surface area contributed by atoms with E-state index in [0.717, 1.165) is 50.7 Å². The van der Waals surface area contributed by atoms with Gasteiger partial charge in [0.25, 0.3) is 0 Å². The summed E-state index contributed by atoms with van der Waals surface area (Å²) in [5.74, 6) is 0. The minimum Gasteiger partial charge on any atom is -0.373 e. The lowest BCUT2D eigenvalue weighted by Gasteiger charge is -2.38. The maximum Gasteiger partial charge on any atom is 0.0846 e. The normalized spacial score (nSPS) is 22.4. The molecule has 0 radical (unpaired) electrons. The van der Waals surface area contributed by atoms with E-state index in [1.165, 1.54) is 16.7 Å². The summed E-state index contributed by atoms with van der Waals surface area (Å²) in [5, 5.41) is 4.25. The topological polar surface area (TPSA) is 24.5 Å². The number of nitrogens with zero attached hydrogens (tertiary/aromatic N) is 1. The Labute approximate surface area is 154 Å². The van der Waals surface area contributed by atoms with Crippen molar-refractivity contribution < 1.29 is 4.74 Å². The first-order chi connectivity index (χ1) is 12.3. The van der Waals surface area contributed by atoms with Crippen LogP contribution in [0.2, 0.25) is 5.02 Å². The van der Waals surface area contributed by atoms with E-state index in [4.69, 9.17) is 16.3 Å². The highest BCUT2D eigenvalue weighted by atomic mass is 35.5. The maximum atomic E-state index is 6.20. The molecular weight excluding hydrogens is 332 g/mol. The van der Waals surface area contributed by atoms with E-state index in [2.05, 4.69) is 46.6 Å². The highest BCUT2D eigenvalue weighted by Gasteiger charge is 2.29. The van der Waals surface area contributed by atoms with Crippen LogP contribution in [0.5, 0.6) is 0 Å². The van der Waals surface area contributed by atoms with Crippen LogP contribution < -0.4 is 5.32 Å². The Morgan fingerprint density at radius 3 is 2.64 bits per heavy atom. The van der Waals surface area contributed by atoms with Crippen molar-refractivity contribution in [1.82, 2.24) is 10.2 Å². The zero-order valence-electron chi connectivity index (χ0n) is 14.5. The number of halogens is 1. The molecular formula is C21H25ClN2O. The van der Waals surface area contributed by atoms with Crippen LogP contribution in [0.3, 0.4) is 0 Å². The van der Waals surface area contributed by atoms with Gasteiger partial charge in [0.1, 0.15) is 0 Å². The minimum absolute atomic E-state index is 0.167. The van der Waals surface area contributed by atoms with Gasteiger partial charge in [-0.2, -0.15) is 0 Å². The van der Waals surface area contributed by atoms with Crippen LogP contribution in [-0.2, 0) is 11.2 Å². The lowest BCUT2D eigenvalue weighted by atomic mass is 9.90. The van der Waals surface area contributed by atoms with E-state index in [-0.39, 0.29) is 6.10 Å². The number of fused-ring (bicyclic) bond motifs is 1. The van der Waals surface area contributed by atoms with Crippen molar-refractivity contribution in [2.24, 2.45) is 0 Å². The molecule has 0 saturated carbocycles. The molecule has 2 atom stereocenters. The van der Waals surface area contributed by atoms with Gasteiger partial charge in [-0.15, -0.1) is 0 Å². The molecule has 2 unspecified atom stereocenters. The van der Waals surface area contributed by atoms with Crippen LogP contribution in [0.4, 0.5) is 0 Å². The zero-order chi connectivity index (χ0) is 17.1. The summed E-state index contributed by atoms with van der Waals surface area (Å²) in [5.41, 5.74) is 4.13.